The number of aryl methyl sites for hydroxylation is 1. The third kappa shape index (κ3) is 4.53. The fraction of sp³-hybridized carbons (Fsp3) is 0.462. The number of ether oxygens (including phenoxy) is 1. The van der Waals surface area contributed by atoms with E-state index in [1.807, 2.05) is 0 Å². The molecule has 0 unspecified atom stereocenters. The van der Waals surface area contributed by atoms with Crippen LogP contribution in [0.25, 0.3) is 0 Å². The second-order valence-electron chi connectivity index (χ2n) is 3.88. The quantitative estimate of drug-likeness (QED) is 0.593. The maximum atomic E-state index is 12.8. The van der Waals surface area contributed by atoms with Crippen LogP contribution in [0, 0.1) is 0 Å². The van der Waals surface area contributed by atoms with Crippen molar-refractivity contribution in [1.82, 2.24) is 0 Å². The Labute approximate surface area is 118 Å². The Hall–Kier alpha value is -1.04. The summed E-state index contributed by atoms with van der Waals surface area (Å²) < 4.78 is 43.3. The van der Waals surface area contributed by atoms with Crippen LogP contribution >= 0.6 is 15.9 Å². The molecule has 0 aliphatic heterocycles. The van der Waals surface area contributed by atoms with Crippen LogP contribution in [-0.4, -0.2) is 17.9 Å². The summed E-state index contributed by atoms with van der Waals surface area (Å²) in [4.78, 5) is 11.5. The van der Waals surface area contributed by atoms with Gasteiger partial charge in [-0.2, -0.15) is 13.2 Å². The molecule has 1 aromatic rings. The molecule has 0 saturated carbocycles. The molecular formula is C13H14BrF3O2. The maximum absolute atomic E-state index is 12.8. The number of hydrogen-bond donors (Lipinski definition) is 0. The van der Waals surface area contributed by atoms with Gasteiger partial charge < -0.3 is 4.74 Å². The van der Waals surface area contributed by atoms with Crippen molar-refractivity contribution in [1.29, 1.82) is 0 Å². The molecule has 19 heavy (non-hydrogen) atoms. The zero-order chi connectivity index (χ0) is 14.5. The highest BCUT2D eigenvalue weighted by Gasteiger charge is 2.33. The van der Waals surface area contributed by atoms with Crippen molar-refractivity contribution >= 4 is 21.9 Å². The van der Waals surface area contributed by atoms with Gasteiger partial charge in [0, 0.05) is 5.33 Å². The molecule has 0 heterocycles. The molecule has 0 N–H and O–H groups in total. The lowest BCUT2D eigenvalue weighted by Gasteiger charge is -2.13. The fourth-order valence-corrected chi connectivity index (χ4v) is 1.96. The normalized spacial score (nSPS) is 11.4. The van der Waals surface area contributed by atoms with Gasteiger partial charge in [0.25, 0.3) is 0 Å². The summed E-state index contributed by atoms with van der Waals surface area (Å²) in [5.41, 5.74) is -0.418. The number of carbonyl (C=O) groups is 1. The summed E-state index contributed by atoms with van der Waals surface area (Å²) in [5.74, 6) is -0.601. The number of alkyl halides is 4. The predicted octanol–water partition coefficient (Wildman–Crippen LogP) is 4.21. The van der Waals surface area contributed by atoms with Crippen molar-refractivity contribution in [3.05, 3.63) is 34.9 Å². The first-order chi connectivity index (χ1) is 8.90. The Kier molecular flexibility index (Phi) is 5.85. The van der Waals surface area contributed by atoms with Gasteiger partial charge in [-0.25, -0.2) is 4.79 Å². The van der Waals surface area contributed by atoms with E-state index in [0.717, 1.165) is 12.1 Å². The summed E-state index contributed by atoms with van der Waals surface area (Å²) in [6.45, 7) is 1.84. The summed E-state index contributed by atoms with van der Waals surface area (Å²) in [6, 6.07) is 3.36. The van der Waals surface area contributed by atoms with Gasteiger partial charge in [0.1, 0.15) is 0 Å². The topological polar surface area (TPSA) is 26.3 Å². The molecule has 0 spiro atoms. The molecule has 0 bridgehead atoms. The number of halogens is 4. The maximum Gasteiger partial charge on any atom is 0.416 e. The molecule has 0 atom stereocenters. The molecule has 0 aromatic heterocycles. The van der Waals surface area contributed by atoms with Crippen molar-refractivity contribution < 1.29 is 22.7 Å². The molecule has 106 valence electrons. The minimum absolute atomic E-state index is 0.123. The largest absolute Gasteiger partial charge is 0.462 e. The molecule has 0 amide bonds. The molecule has 0 aliphatic carbocycles. The van der Waals surface area contributed by atoms with Crippen LogP contribution in [0.3, 0.4) is 0 Å². The highest BCUT2D eigenvalue weighted by Crippen LogP contribution is 2.33. The van der Waals surface area contributed by atoms with Crippen LogP contribution in [0.2, 0.25) is 0 Å². The Bertz CT molecular complexity index is 444. The van der Waals surface area contributed by atoms with Gasteiger partial charge in [0.15, 0.2) is 0 Å². The minimum atomic E-state index is -4.41. The predicted molar refractivity (Wildman–Crippen MR) is 69.5 cm³/mol. The van der Waals surface area contributed by atoms with Crippen molar-refractivity contribution in [3.63, 3.8) is 0 Å². The van der Waals surface area contributed by atoms with Gasteiger partial charge in [-0.3, -0.25) is 0 Å². The van der Waals surface area contributed by atoms with Crippen molar-refractivity contribution in [2.45, 2.75) is 25.9 Å². The standard InChI is InChI=1S/C13H14BrF3O2/c1-2-19-12(18)10-5-6-11(13(15,16)17)9(8-10)4-3-7-14/h5-6,8H,2-4,7H2,1H3. The summed E-state index contributed by atoms with van der Waals surface area (Å²) in [5, 5.41) is 0.605. The zero-order valence-electron chi connectivity index (χ0n) is 10.4. The first kappa shape index (κ1) is 16.0. The molecule has 0 saturated heterocycles. The second-order valence-corrected chi connectivity index (χ2v) is 4.68. The molecule has 1 aromatic carbocycles. The van der Waals surface area contributed by atoms with Crippen molar-refractivity contribution in [2.24, 2.45) is 0 Å². The van der Waals surface area contributed by atoms with Crippen molar-refractivity contribution in [2.75, 3.05) is 11.9 Å². The molecule has 2 nitrogen and oxygen atoms in total. The van der Waals surface area contributed by atoms with E-state index in [1.165, 1.54) is 6.07 Å². The van der Waals surface area contributed by atoms with Gasteiger partial charge in [-0.15, -0.1) is 0 Å². The molecule has 1 rings (SSSR count). The summed E-state index contributed by atoms with van der Waals surface area (Å²) in [6.07, 6.45) is -3.59. The van der Waals surface area contributed by atoms with Crippen LogP contribution in [-0.2, 0) is 17.3 Å². The van der Waals surface area contributed by atoms with Crippen LogP contribution in [0.5, 0.6) is 0 Å². The van der Waals surface area contributed by atoms with E-state index < -0.39 is 17.7 Å². The van der Waals surface area contributed by atoms with E-state index in [1.54, 1.807) is 6.92 Å². The highest BCUT2D eigenvalue weighted by atomic mass is 79.9. The third-order valence-electron chi connectivity index (χ3n) is 2.50. The first-order valence-electron chi connectivity index (χ1n) is 5.83. The van der Waals surface area contributed by atoms with Gasteiger partial charge in [0.05, 0.1) is 17.7 Å². The summed E-state index contributed by atoms with van der Waals surface area (Å²) in [7, 11) is 0. The van der Waals surface area contributed by atoms with E-state index in [4.69, 9.17) is 4.74 Å². The Balaban J connectivity index is 3.11. The highest BCUT2D eigenvalue weighted by molar-refractivity contribution is 9.09. The van der Waals surface area contributed by atoms with E-state index in [9.17, 15) is 18.0 Å². The number of rotatable bonds is 5. The van der Waals surface area contributed by atoms with E-state index in [2.05, 4.69) is 15.9 Å². The lowest BCUT2D eigenvalue weighted by molar-refractivity contribution is -0.138. The van der Waals surface area contributed by atoms with Gasteiger partial charge in [-0.05, 0) is 43.5 Å². The molecule has 6 heteroatoms. The summed E-state index contributed by atoms with van der Waals surface area (Å²) >= 11 is 3.18. The molecular weight excluding hydrogens is 325 g/mol. The molecule has 0 radical (unpaired) electrons. The second kappa shape index (κ2) is 6.93. The SMILES string of the molecule is CCOC(=O)c1ccc(C(F)(F)F)c(CCCBr)c1. The van der Waals surface area contributed by atoms with Crippen molar-refractivity contribution in [3.8, 4) is 0 Å². The fourth-order valence-electron chi connectivity index (χ4n) is 1.68. The van der Waals surface area contributed by atoms with E-state index in [0.29, 0.717) is 11.8 Å². The Morgan fingerprint density at radius 1 is 1.37 bits per heavy atom. The average Bonchev–Trinajstić information content (AvgIpc) is 2.35. The zero-order valence-corrected chi connectivity index (χ0v) is 12.0. The average molecular weight is 339 g/mol. The lowest BCUT2D eigenvalue weighted by Crippen LogP contribution is -2.12. The minimum Gasteiger partial charge on any atom is -0.462 e. The number of esters is 1. The number of benzene rings is 1. The van der Waals surface area contributed by atoms with Crippen LogP contribution < -0.4 is 0 Å². The van der Waals surface area contributed by atoms with Crippen LogP contribution in [0.1, 0.15) is 34.8 Å². The first-order valence-corrected chi connectivity index (χ1v) is 6.95. The third-order valence-corrected chi connectivity index (χ3v) is 3.06. The van der Waals surface area contributed by atoms with Crippen LogP contribution in [0.15, 0.2) is 18.2 Å². The number of hydrogen-bond acceptors (Lipinski definition) is 2. The van der Waals surface area contributed by atoms with E-state index >= 15 is 0 Å². The van der Waals surface area contributed by atoms with Gasteiger partial charge >= 0.3 is 12.1 Å². The smallest absolute Gasteiger partial charge is 0.416 e. The monoisotopic (exact) mass is 338 g/mol. The van der Waals surface area contributed by atoms with Gasteiger partial charge in [0.2, 0.25) is 0 Å². The van der Waals surface area contributed by atoms with E-state index in [-0.39, 0.29) is 24.2 Å². The Morgan fingerprint density at radius 2 is 2.05 bits per heavy atom. The Morgan fingerprint density at radius 3 is 2.58 bits per heavy atom. The molecule has 0 fully saturated rings. The number of carbonyl (C=O) groups excluding carboxylic acids is 1. The van der Waals surface area contributed by atoms with Crippen LogP contribution in [0.4, 0.5) is 13.2 Å². The lowest BCUT2D eigenvalue weighted by atomic mass is 10.00. The van der Waals surface area contributed by atoms with Gasteiger partial charge in [-0.1, -0.05) is 15.9 Å². The molecule has 0 aliphatic rings.